The van der Waals surface area contributed by atoms with Crippen LogP contribution in [0, 0.1) is 0 Å². The Balaban J connectivity index is 2.39. The monoisotopic (exact) mass is 211 g/mol. The molecule has 0 aromatic rings. The van der Waals surface area contributed by atoms with Gasteiger partial charge >= 0.3 is 11.7 Å². The zero-order valence-corrected chi connectivity index (χ0v) is 7.77. The van der Waals surface area contributed by atoms with Crippen LogP contribution in [0.2, 0.25) is 0 Å². The Hall–Kier alpha value is -2.01. The fourth-order valence-corrected chi connectivity index (χ4v) is 1.25. The fraction of sp³-hybridized carbons (Fsp3) is 0.500. The van der Waals surface area contributed by atoms with E-state index in [9.17, 15) is 14.4 Å². The first-order chi connectivity index (χ1) is 7.04. The molecule has 1 unspecified atom stereocenters. The van der Waals surface area contributed by atoms with E-state index in [0.717, 1.165) is 0 Å². The van der Waals surface area contributed by atoms with Crippen molar-refractivity contribution >= 4 is 23.4 Å². The van der Waals surface area contributed by atoms with Crippen LogP contribution in [-0.2, 0) is 14.4 Å². The summed E-state index contributed by atoms with van der Waals surface area (Å²) in [5.74, 6) is -2.38. The van der Waals surface area contributed by atoms with Gasteiger partial charge in [0.15, 0.2) is 0 Å². The quantitative estimate of drug-likeness (QED) is 0.199. The molecule has 80 valence electrons. The minimum absolute atomic E-state index is 0.0589. The van der Waals surface area contributed by atoms with Crippen molar-refractivity contribution in [1.82, 2.24) is 5.32 Å². The molecule has 1 amide bonds. The second kappa shape index (κ2) is 4.47. The van der Waals surface area contributed by atoms with E-state index in [4.69, 9.17) is 10.6 Å². The van der Waals surface area contributed by atoms with Crippen LogP contribution in [0.1, 0.15) is 19.3 Å². The number of carboxylic acid groups (broad SMARTS) is 1. The maximum absolute atomic E-state index is 11.2. The van der Waals surface area contributed by atoms with Gasteiger partial charge in [0, 0.05) is 18.9 Å². The summed E-state index contributed by atoms with van der Waals surface area (Å²) in [5.41, 5.74) is 7.39. The van der Waals surface area contributed by atoms with E-state index in [1.807, 2.05) is 0 Å². The third kappa shape index (κ3) is 2.72. The van der Waals surface area contributed by atoms with Gasteiger partial charge in [-0.3, -0.25) is 9.59 Å². The van der Waals surface area contributed by atoms with Crippen molar-refractivity contribution in [3.8, 4) is 0 Å². The van der Waals surface area contributed by atoms with Crippen molar-refractivity contribution in [2.75, 3.05) is 0 Å². The van der Waals surface area contributed by atoms with Gasteiger partial charge in [-0.1, -0.05) is 0 Å². The number of nitrogens with zero attached hydrogens (tertiary/aromatic N) is 2. The van der Waals surface area contributed by atoms with Crippen LogP contribution in [0.4, 0.5) is 0 Å². The molecule has 15 heavy (non-hydrogen) atoms. The molecule has 0 saturated carbocycles. The van der Waals surface area contributed by atoms with E-state index in [-0.39, 0.29) is 18.4 Å². The van der Waals surface area contributed by atoms with Crippen LogP contribution in [0.5, 0.6) is 0 Å². The van der Waals surface area contributed by atoms with Crippen molar-refractivity contribution in [2.45, 2.75) is 25.3 Å². The Labute approximate surface area is 84.7 Å². The summed E-state index contributed by atoms with van der Waals surface area (Å²) >= 11 is 0. The molecule has 1 aliphatic heterocycles. The molecule has 1 saturated heterocycles. The van der Waals surface area contributed by atoms with Crippen molar-refractivity contribution in [1.29, 1.82) is 0 Å². The van der Waals surface area contributed by atoms with Crippen molar-refractivity contribution in [3.63, 3.8) is 0 Å². The lowest BCUT2D eigenvalue weighted by Gasteiger charge is -2.26. The van der Waals surface area contributed by atoms with Crippen LogP contribution in [0.25, 0.3) is 5.53 Å². The maximum atomic E-state index is 11.2. The number of β-lactam (4-membered cyclic amide) rings is 1. The predicted molar refractivity (Wildman–Crippen MR) is 47.1 cm³/mol. The lowest BCUT2D eigenvalue weighted by atomic mass is 9.98. The van der Waals surface area contributed by atoms with Gasteiger partial charge in [-0.15, -0.1) is 0 Å². The van der Waals surface area contributed by atoms with Crippen molar-refractivity contribution in [2.24, 2.45) is 0 Å². The summed E-state index contributed by atoms with van der Waals surface area (Å²) in [6, 6.07) is -0.0739. The Morgan fingerprint density at radius 3 is 2.60 bits per heavy atom. The number of carboxylic acids is 1. The number of hydrogen-bond donors (Lipinski definition) is 2. The number of carbonyl (C=O) groups is 3. The first-order valence-electron chi connectivity index (χ1n) is 4.32. The minimum atomic E-state index is -1.56. The summed E-state index contributed by atoms with van der Waals surface area (Å²) in [6.07, 6.45) is 0.652. The first kappa shape index (κ1) is 11.1. The highest BCUT2D eigenvalue weighted by molar-refractivity contribution is 6.61. The molecule has 0 aromatic heterocycles. The average Bonchev–Trinajstić information content (AvgIpc) is 2.11. The Bertz CT molecular complexity index is 362. The summed E-state index contributed by atoms with van der Waals surface area (Å²) in [5, 5.41) is 11.0. The number of rotatable bonds is 5. The lowest BCUT2D eigenvalue weighted by molar-refractivity contribution is -0.137. The predicted octanol–water partition coefficient (Wildman–Crippen LogP) is -1.02. The Morgan fingerprint density at radius 2 is 2.20 bits per heavy atom. The molecule has 0 radical (unpaired) electrons. The zero-order valence-electron chi connectivity index (χ0n) is 7.77. The summed E-state index contributed by atoms with van der Waals surface area (Å²) in [4.78, 5) is 34.4. The van der Waals surface area contributed by atoms with Crippen LogP contribution >= 0.6 is 0 Å². The smallest absolute Gasteiger partial charge is 0.441 e. The van der Waals surface area contributed by atoms with E-state index >= 15 is 0 Å². The molecule has 0 spiro atoms. The number of ketones is 1. The van der Waals surface area contributed by atoms with E-state index in [1.165, 1.54) is 0 Å². The number of Topliss-reactive ketones (excluding diaryl/α,β-unsaturated/α-hetero) is 1. The molecule has 7 nitrogen and oxygen atoms in total. The van der Waals surface area contributed by atoms with Crippen LogP contribution in [0.15, 0.2) is 0 Å². The average molecular weight is 211 g/mol. The second-order valence-electron chi connectivity index (χ2n) is 3.18. The molecule has 2 N–H and O–H groups in total. The summed E-state index contributed by atoms with van der Waals surface area (Å²) in [7, 11) is 0. The van der Waals surface area contributed by atoms with Gasteiger partial charge in [0.1, 0.15) is 0 Å². The maximum Gasteiger partial charge on any atom is 0.441 e. The van der Waals surface area contributed by atoms with E-state index < -0.39 is 17.5 Å². The largest absolute Gasteiger partial charge is 0.472 e. The minimum Gasteiger partial charge on any atom is -0.472 e. The molecule has 1 heterocycles. The fourth-order valence-electron chi connectivity index (χ4n) is 1.25. The number of nitrogens with one attached hydrogen (secondary N) is 1. The first-order valence-corrected chi connectivity index (χ1v) is 4.32. The summed E-state index contributed by atoms with van der Waals surface area (Å²) in [6.45, 7) is 0. The zero-order chi connectivity index (χ0) is 11.4. The van der Waals surface area contributed by atoms with Gasteiger partial charge in [0.05, 0.1) is 0 Å². The van der Waals surface area contributed by atoms with Crippen LogP contribution in [0.3, 0.4) is 0 Å². The SMILES string of the molecule is [N-]=[N+]=C(C(=O)O)C(=O)CCC1CC(=O)N1. The van der Waals surface area contributed by atoms with Crippen molar-refractivity contribution in [3.05, 3.63) is 5.53 Å². The standard InChI is InChI=1S/C8H9N3O4/c9-11-7(8(14)15)5(12)2-1-4-3-6(13)10-4/h4H,1-3H2,(H,10,13)(H,14,15). The van der Waals surface area contributed by atoms with Gasteiger partial charge in [0.2, 0.25) is 5.91 Å². The molecule has 0 bridgehead atoms. The highest BCUT2D eigenvalue weighted by atomic mass is 16.4. The van der Waals surface area contributed by atoms with E-state index in [2.05, 4.69) is 10.1 Å². The van der Waals surface area contributed by atoms with E-state index in [1.54, 1.807) is 0 Å². The number of hydrogen-bond acceptors (Lipinski definition) is 3. The molecule has 1 aliphatic rings. The van der Waals surface area contributed by atoms with Gasteiger partial charge in [-0.05, 0) is 6.42 Å². The van der Waals surface area contributed by atoms with Gasteiger partial charge in [-0.2, -0.15) is 4.79 Å². The van der Waals surface area contributed by atoms with Crippen LogP contribution in [-0.4, -0.2) is 39.3 Å². The van der Waals surface area contributed by atoms with Gasteiger partial charge in [0.25, 0.3) is 5.78 Å². The van der Waals surface area contributed by atoms with E-state index in [0.29, 0.717) is 12.8 Å². The Kier molecular flexibility index (Phi) is 3.30. The third-order valence-electron chi connectivity index (χ3n) is 2.08. The molecule has 7 heteroatoms. The third-order valence-corrected chi connectivity index (χ3v) is 2.08. The Morgan fingerprint density at radius 1 is 1.60 bits per heavy atom. The van der Waals surface area contributed by atoms with Crippen molar-refractivity contribution < 1.29 is 24.3 Å². The van der Waals surface area contributed by atoms with Crippen LogP contribution < -0.4 is 5.32 Å². The van der Waals surface area contributed by atoms with Gasteiger partial charge < -0.3 is 16.0 Å². The highest BCUT2D eigenvalue weighted by Gasteiger charge is 2.31. The topological polar surface area (TPSA) is 120 Å². The highest BCUT2D eigenvalue weighted by Crippen LogP contribution is 2.10. The number of amides is 1. The van der Waals surface area contributed by atoms with Gasteiger partial charge in [-0.25, -0.2) is 4.79 Å². The molecular weight excluding hydrogens is 202 g/mol. The number of aliphatic carboxylic acids is 1. The molecule has 1 rings (SSSR count). The number of carbonyl (C=O) groups excluding carboxylic acids is 2. The lowest BCUT2D eigenvalue weighted by Crippen LogP contribution is -2.48. The molecule has 1 atom stereocenters. The molecule has 1 fully saturated rings. The second-order valence-corrected chi connectivity index (χ2v) is 3.18. The molecular formula is C8H9N3O4. The molecule has 0 aliphatic carbocycles. The molecule has 0 aromatic carbocycles. The normalized spacial score (nSPS) is 18.4. The summed E-state index contributed by atoms with van der Waals surface area (Å²) < 4.78 is 0.